The van der Waals surface area contributed by atoms with Gasteiger partial charge in [-0.1, -0.05) is 0 Å². The minimum Gasteiger partial charge on any atom is -0.307 e. The summed E-state index contributed by atoms with van der Waals surface area (Å²) in [5.74, 6) is -0.517. The number of aromatic amines is 1. The topological polar surface area (TPSA) is 54.9 Å². The summed E-state index contributed by atoms with van der Waals surface area (Å²) in [4.78, 5) is 25.8. The number of rotatable bonds is 1. The fourth-order valence-electron chi connectivity index (χ4n) is 1.53. The van der Waals surface area contributed by atoms with Crippen LogP contribution in [0.2, 0.25) is 0 Å². The van der Waals surface area contributed by atoms with Gasteiger partial charge in [-0.15, -0.1) is 0 Å². The fourth-order valence-corrected chi connectivity index (χ4v) is 1.88. The van der Waals surface area contributed by atoms with Crippen molar-refractivity contribution in [2.24, 2.45) is 0 Å². The minimum atomic E-state index is -0.526. The summed E-state index contributed by atoms with van der Waals surface area (Å²) in [5.41, 5.74) is -0.732. The van der Waals surface area contributed by atoms with Gasteiger partial charge in [-0.05, 0) is 35.0 Å². The number of aromatic nitrogens is 2. The third kappa shape index (κ3) is 1.59. The molecule has 16 heavy (non-hydrogen) atoms. The van der Waals surface area contributed by atoms with E-state index in [2.05, 4.69) is 20.9 Å². The standard InChI is InChI=1S/C10H8BrFN2O2/c1-2-14-9(15)5-3-6(11)7(12)4-8(5)13-10(14)16/h3-4H,2H2,1H3,(H,13,16). The Hall–Kier alpha value is -1.43. The van der Waals surface area contributed by atoms with Crippen LogP contribution in [0.4, 0.5) is 4.39 Å². The SMILES string of the molecule is CCn1c(=O)[nH]c2cc(F)c(Br)cc2c1=O. The zero-order valence-corrected chi connectivity index (χ0v) is 9.97. The molecule has 0 aliphatic carbocycles. The molecule has 0 radical (unpaired) electrons. The molecule has 0 saturated heterocycles. The molecule has 4 nitrogen and oxygen atoms in total. The summed E-state index contributed by atoms with van der Waals surface area (Å²) in [7, 11) is 0. The number of halogens is 2. The van der Waals surface area contributed by atoms with Gasteiger partial charge < -0.3 is 4.98 Å². The molecular weight excluding hydrogens is 279 g/mol. The maximum absolute atomic E-state index is 13.2. The van der Waals surface area contributed by atoms with Crippen molar-refractivity contribution >= 4 is 26.8 Å². The Morgan fingerprint density at radius 2 is 2.12 bits per heavy atom. The molecule has 0 fully saturated rings. The highest BCUT2D eigenvalue weighted by atomic mass is 79.9. The molecule has 0 spiro atoms. The van der Waals surface area contributed by atoms with Gasteiger partial charge in [-0.2, -0.15) is 0 Å². The van der Waals surface area contributed by atoms with Gasteiger partial charge >= 0.3 is 5.69 Å². The molecule has 1 aromatic heterocycles. The fraction of sp³-hybridized carbons (Fsp3) is 0.200. The van der Waals surface area contributed by atoms with E-state index in [4.69, 9.17) is 0 Å². The Bertz CT molecular complexity index is 675. The van der Waals surface area contributed by atoms with Crippen molar-refractivity contribution in [3.63, 3.8) is 0 Å². The van der Waals surface area contributed by atoms with Crippen molar-refractivity contribution in [2.75, 3.05) is 0 Å². The summed E-state index contributed by atoms with van der Waals surface area (Å²) in [6.07, 6.45) is 0. The molecule has 0 aliphatic heterocycles. The summed E-state index contributed by atoms with van der Waals surface area (Å²) >= 11 is 3.00. The largest absolute Gasteiger partial charge is 0.328 e. The molecule has 0 atom stereocenters. The first-order valence-electron chi connectivity index (χ1n) is 4.66. The molecule has 0 aliphatic rings. The third-order valence-electron chi connectivity index (χ3n) is 2.34. The normalized spacial score (nSPS) is 10.9. The molecule has 1 N–H and O–H groups in total. The number of hydrogen-bond donors (Lipinski definition) is 1. The maximum atomic E-state index is 13.2. The van der Waals surface area contributed by atoms with Crippen LogP contribution >= 0.6 is 15.9 Å². The monoisotopic (exact) mass is 286 g/mol. The Kier molecular flexibility index (Phi) is 2.67. The van der Waals surface area contributed by atoms with Crippen LogP contribution in [-0.2, 0) is 6.54 Å². The third-order valence-corrected chi connectivity index (χ3v) is 2.95. The highest BCUT2D eigenvalue weighted by molar-refractivity contribution is 9.10. The number of nitrogens with zero attached hydrogens (tertiary/aromatic N) is 1. The van der Waals surface area contributed by atoms with E-state index in [9.17, 15) is 14.0 Å². The van der Waals surface area contributed by atoms with Gasteiger partial charge in [0, 0.05) is 6.54 Å². The summed E-state index contributed by atoms with van der Waals surface area (Å²) in [6.45, 7) is 1.97. The molecular formula is C10H8BrFN2O2. The van der Waals surface area contributed by atoms with Gasteiger partial charge in [-0.3, -0.25) is 9.36 Å². The van der Waals surface area contributed by atoms with Crippen LogP contribution in [0.15, 0.2) is 26.2 Å². The van der Waals surface area contributed by atoms with Gasteiger partial charge in [0.15, 0.2) is 0 Å². The smallest absolute Gasteiger partial charge is 0.307 e. The molecule has 1 aromatic carbocycles. The second kappa shape index (κ2) is 3.86. The molecule has 0 amide bonds. The Balaban J connectivity index is 3.00. The van der Waals surface area contributed by atoms with E-state index in [0.29, 0.717) is 0 Å². The van der Waals surface area contributed by atoms with E-state index >= 15 is 0 Å². The van der Waals surface area contributed by atoms with Crippen LogP contribution in [0, 0.1) is 5.82 Å². The lowest BCUT2D eigenvalue weighted by atomic mass is 10.2. The number of H-pyrrole nitrogens is 1. The van der Waals surface area contributed by atoms with Crippen LogP contribution in [0.5, 0.6) is 0 Å². The van der Waals surface area contributed by atoms with E-state index < -0.39 is 17.1 Å². The lowest BCUT2D eigenvalue weighted by molar-refractivity contribution is 0.621. The number of hydrogen-bond acceptors (Lipinski definition) is 2. The molecule has 2 rings (SSSR count). The van der Waals surface area contributed by atoms with Crippen molar-refractivity contribution in [3.8, 4) is 0 Å². The van der Waals surface area contributed by atoms with Gasteiger partial charge in [0.2, 0.25) is 0 Å². The number of nitrogens with one attached hydrogen (secondary N) is 1. The number of benzene rings is 1. The first-order valence-corrected chi connectivity index (χ1v) is 5.45. The lowest BCUT2D eigenvalue weighted by Gasteiger charge is -2.04. The van der Waals surface area contributed by atoms with Crippen molar-refractivity contribution in [3.05, 3.63) is 43.3 Å². The maximum Gasteiger partial charge on any atom is 0.328 e. The van der Waals surface area contributed by atoms with E-state index in [1.165, 1.54) is 6.07 Å². The lowest BCUT2D eigenvalue weighted by Crippen LogP contribution is -2.34. The second-order valence-corrected chi connectivity index (χ2v) is 4.15. The summed E-state index contributed by atoms with van der Waals surface area (Å²) < 4.78 is 14.5. The van der Waals surface area contributed by atoms with Crippen molar-refractivity contribution < 1.29 is 4.39 Å². The van der Waals surface area contributed by atoms with Crippen molar-refractivity contribution in [2.45, 2.75) is 13.5 Å². The average molecular weight is 287 g/mol. The van der Waals surface area contributed by atoms with Gasteiger partial charge in [-0.25, -0.2) is 9.18 Å². The Morgan fingerprint density at radius 1 is 1.44 bits per heavy atom. The molecule has 2 aromatic rings. The Morgan fingerprint density at radius 3 is 2.75 bits per heavy atom. The average Bonchev–Trinajstić information content (AvgIpc) is 2.22. The molecule has 6 heteroatoms. The molecule has 0 unspecified atom stereocenters. The van der Waals surface area contributed by atoms with Crippen LogP contribution in [0.3, 0.4) is 0 Å². The Labute approximate surface area is 97.8 Å². The molecule has 0 saturated carbocycles. The highest BCUT2D eigenvalue weighted by Crippen LogP contribution is 2.19. The minimum absolute atomic E-state index is 0.201. The van der Waals surface area contributed by atoms with Crippen molar-refractivity contribution in [1.82, 2.24) is 9.55 Å². The van der Waals surface area contributed by atoms with Gasteiger partial charge in [0.25, 0.3) is 5.56 Å². The predicted molar refractivity (Wildman–Crippen MR) is 62.2 cm³/mol. The predicted octanol–water partition coefficient (Wildman–Crippen LogP) is 1.61. The number of fused-ring (bicyclic) bond motifs is 1. The summed E-state index contributed by atoms with van der Waals surface area (Å²) in [6, 6.07) is 2.50. The van der Waals surface area contributed by atoms with Crippen LogP contribution in [0.25, 0.3) is 10.9 Å². The van der Waals surface area contributed by atoms with E-state index in [1.807, 2.05) is 0 Å². The van der Waals surface area contributed by atoms with Crippen molar-refractivity contribution in [1.29, 1.82) is 0 Å². The molecule has 84 valence electrons. The molecule has 0 bridgehead atoms. The van der Waals surface area contributed by atoms with E-state index in [0.717, 1.165) is 10.6 Å². The first kappa shape index (κ1) is 11.1. The summed E-state index contributed by atoms with van der Waals surface area (Å²) in [5, 5.41) is 0.287. The van der Waals surface area contributed by atoms with E-state index in [1.54, 1.807) is 6.92 Å². The zero-order chi connectivity index (χ0) is 11.9. The molecule has 1 heterocycles. The second-order valence-electron chi connectivity index (χ2n) is 3.29. The first-order chi connectivity index (χ1) is 7.54. The quantitative estimate of drug-likeness (QED) is 0.866. The van der Waals surface area contributed by atoms with Gasteiger partial charge in [0.1, 0.15) is 5.82 Å². The van der Waals surface area contributed by atoms with Crippen LogP contribution in [0.1, 0.15) is 6.92 Å². The van der Waals surface area contributed by atoms with Crippen LogP contribution < -0.4 is 11.2 Å². The van der Waals surface area contributed by atoms with Gasteiger partial charge in [0.05, 0.1) is 15.4 Å². The van der Waals surface area contributed by atoms with E-state index in [-0.39, 0.29) is 21.9 Å². The van der Waals surface area contributed by atoms with Crippen LogP contribution in [-0.4, -0.2) is 9.55 Å². The zero-order valence-electron chi connectivity index (χ0n) is 8.38. The highest BCUT2D eigenvalue weighted by Gasteiger charge is 2.09.